The van der Waals surface area contributed by atoms with Gasteiger partial charge in [-0.3, -0.25) is 14.4 Å². The molecule has 2 aromatic rings. The molecule has 2 N–H and O–H groups in total. The summed E-state index contributed by atoms with van der Waals surface area (Å²) in [6.45, 7) is 1.86. The molecule has 2 atom stereocenters. The first-order valence-corrected chi connectivity index (χ1v) is 9.52. The minimum atomic E-state index is -0.792. The largest absolute Gasteiger partial charge is 0.344 e. The summed E-state index contributed by atoms with van der Waals surface area (Å²) in [5, 5.41) is 6.08. The van der Waals surface area contributed by atoms with Crippen LogP contribution in [0.15, 0.2) is 48.5 Å². The molecule has 0 bridgehead atoms. The van der Waals surface area contributed by atoms with Crippen LogP contribution in [-0.2, 0) is 14.4 Å². The number of nitrogens with one attached hydrogen (secondary N) is 2. The van der Waals surface area contributed by atoms with Gasteiger partial charge in [0.2, 0.25) is 17.7 Å². The van der Waals surface area contributed by atoms with Gasteiger partial charge in [-0.25, -0.2) is 0 Å². The Morgan fingerprint density at radius 3 is 2.54 bits per heavy atom. The first-order chi connectivity index (χ1) is 13.3. The van der Waals surface area contributed by atoms with Crippen LogP contribution in [-0.4, -0.2) is 30.3 Å². The van der Waals surface area contributed by atoms with Crippen LogP contribution >= 0.6 is 23.2 Å². The van der Waals surface area contributed by atoms with Crippen LogP contribution in [0.25, 0.3) is 0 Å². The first-order valence-electron chi connectivity index (χ1n) is 8.77. The molecule has 146 valence electrons. The van der Waals surface area contributed by atoms with Crippen molar-refractivity contribution in [2.45, 2.75) is 19.4 Å². The van der Waals surface area contributed by atoms with E-state index in [1.807, 2.05) is 30.3 Å². The quantitative estimate of drug-likeness (QED) is 0.778. The SMILES string of the molecule is C[C@@H](NC(=O)C1CC(=O)N(c2ccccc2)C1)C(=O)Nc1ccc(Cl)cc1Cl. The van der Waals surface area contributed by atoms with Gasteiger partial charge in [0.15, 0.2) is 0 Å². The van der Waals surface area contributed by atoms with E-state index < -0.39 is 17.9 Å². The number of benzene rings is 2. The van der Waals surface area contributed by atoms with Crippen molar-refractivity contribution in [2.75, 3.05) is 16.8 Å². The molecule has 0 aliphatic carbocycles. The summed E-state index contributed by atoms with van der Waals surface area (Å²) < 4.78 is 0. The lowest BCUT2D eigenvalue weighted by Crippen LogP contribution is -2.44. The Labute approximate surface area is 172 Å². The summed E-state index contributed by atoms with van der Waals surface area (Å²) in [6, 6.07) is 13.1. The molecule has 0 saturated carbocycles. The molecule has 28 heavy (non-hydrogen) atoms. The van der Waals surface area contributed by atoms with Gasteiger partial charge in [-0.15, -0.1) is 0 Å². The van der Waals surface area contributed by atoms with E-state index in [4.69, 9.17) is 23.2 Å². The summed E-state index contributed by atoms with van der Waals surface area (Å²) in [5.41, 5.74) is 1.16. The van der Waals surface area contributed by atoms with E-state index in [9.17, 15) is 14.4 Å². The summed E-state index contributed by atoms with van der Waals surface area (Å²) in [6.07, 6.45) is 0.109. The molecule has 1 fully saturated rings. The molecule has 1 heterocycles. The molecule has 0 aromatic heterocycles. The number of anilines is 2. The minimum Gasteiger partial charge on any atom is -0.344 e. The van der Waals surface area contributed by atoms with Crippen molar-refractivity contribution in [3.05, 3.63) is 58.6 Å². The lowest BCUT2D eigenvalue weighted by Gasteiger charge is -2.18. The minimum absolute atomic E-state index is 0.109. The number of halogens is 2. The molecule has 3 rings (SSSR count). The standard InChI is InChI=1S/C20H19Cl2N3O3/c1-12(19(27)24-17-8-7-14(21)10-16(17)22)23-20(28)13-9-18(26)25(11-13)15-5-3-2-4-6-15/h2-8,10,12-13H,9,11H2,1H3,(H,23,28)(H,24,27)/t12-,13?/m1/s1. The van der Waals surface area contributed by atoms with Crippen molar-refractivity contribution in [2.24, 2.45) is 5.92 Å². The second kappa shape index (κ2) is 8.63. The Balaban J connectivity index is 1.58. The monoisotopic (exact) mass is 419 g/mol. The van der Waals surface area contributed by atoms with Crippen molar-refractivity contribution in [3.8, 4) is 0 Å². The average molecular weight is 420 g/mol. The van der Waals surface area contributed by atoms with Crippen LogP contribution in [0, 0.1) is 5.92 Å². The van der Waals surface area contributed by atoms with Crippen molar-refractivity contribution < 1.29 is 14.4 Å². The second-order valence-corrected chi connectivity index (χ2v) is 7.43. The van der Waals surface area contributed by atoms with Crippen LogP contribution in [0.3, 0.4) is 0 Å². The predicted octanol–water partition coefficient (Wildman–Crippen LogP) is 3.49. The van der Waals surface area contributed by atoms with Gasteiger partial charge in [0.25, 0.3) is 0 Å². The lowest BCUT2D eigenvalue weighted by molar-refractivity contribution is -0.129. The third-order valence-corrected chi connectivity index (χ3v) is 5.05. The lowest BCUT2D eigenvalue weighted by atomic mass is 10.1. The fourth-order valence-corrected chi connectivity index (χ4v) is 3.43. The summed E-state index contributed by atoms with van der Waals surface area (Å²) in [7, 11) is 0. The van der Waals surface area contributed by atoms with E-state index in [0.29, 0.717) is 15.7 Å². The van der Waals surface area contributed by atoms with Crippen LogP contribution in [0.2, 0.25) is 10.0 Å². The fourth-order valence-electron chi connectivity index (χ4n) is 2.97. The molecule has 2 aromatic carbocycles. The molecule has 8 heteroatoms. The van der Waals surface area contributed by atoms with Crippen LogP contribution in [0.1, 0.15) is 13.3 Å². The Bertz CT molecular complexity index is 905. The Morgan fingerprint density at radius 1 is 1.14 bits per heavy atom. The molecule has 0 spiro atoms. The number of nitrogens with zero attached hydrogens (tertiary/aromatic N) is 1. The fraction of sp³-hybridized carbons (Fsp3) is 0.250. The van der Waals surface area contributed by atoms with Crippen molar-refractivity contribution in [1.82, 2.24) is 5.32 Å². The zero-order chi connectivity index (χ0) is 20.3. The number of amides is 3. The number of hydrogen-bond acceptors (Lipinski definition) is 3. The molecule has 0 radical (unpaired) electrons. The van der Waals surface area contributed by atoms with E-state index in [0.717, 1.165) is 5.69 Å². The Hall–Kier alpha value is -2.57. The first kappa shape index (κ1) is 20.2. The van der Waals surface area contributed by atoms with Crippen LogP contribution in [0.4, 0.5) is 11.4 Å². The molecule has 6 nitrogen and oxygen atoms in total. The number of carbonyl (C=O) groups excluding carboxylic acids is 3. The summed E-state index contributed by atoms with van der Waals surface area (Å²) in [4.78, 5) is 38.7. The van der Waals surface area contributed by atoms with E-state index in [-0.39, 0.29) is 24.8 Å². The normalized spacial score (nSPS) is 17.3. The van der Waals surface area contributed by atoms with Gasteiger partial charge in [-0.1, -0.05) is 41.4 Å². The summed E-state index contributed by atoms with van der Waals surface area (Å²) >= 11 is 11.9. The van der Waals surface area contributed by atoms with Gasteiger partial charge in [0.05, 0.1) is 16.6 Å². The van der Waals surface area contributed by atoms with Gasteiger partial charge < -0.3 is 15.5 Å². The molecule has 1 aliphatic heterocycles. The highest BCUT2D eigenvalue weighted by atomic mass is 35.5. The topological polar surface area (TPSA) is 78.5 Å². The molecule has 1 unspecified atom stereocenters. The molecule has 1 saturated heterocycles. The Kier molecular flexibility index (Phi) is 6.21. The second-order valence-electron chi connectivity index (χ2n) is 6.58. The number of carbonyl (C=O) groups is 3. The Morgan fingerprint density at radius 2 is 1.86 bits per heavy atom. The highest BCUT2D eigenvalue weighted by Gasteiger charge is 2.36. The predicted molar refractivity (Wildman–Crippen MR) is 110 cm³/mol. The highest BCUT2D eigenvalue weighted by Crippen LogP contribution is 2.26. The summed E-state index contributed by atoms with van der Waals surface area (Å²) in [5.74, 6) is -1.38. The van der Waals surface area contributed by atoms with Gasteiger partial charge >= 0.3 is 0 Å². The number of para-hydroxylation sites is 1. The van der Waals surface area contributed by atoms with Crippen molar-refractivity contribution >= 4 is 52.3 Å². The van der Waals surface area contributed by atoms with Gasteiger partial charge in [0.1, 0.15) is 6.04 Å². The van der Waals surface area contributed by atoms with Crippen molar-refractivity contribution in [1.29, 1.82) is 0 Å². The molecular formula is C20H19Cl2N3O3. The number of hydrogen-bond donors (Lipinski definition) is 2. The van der Waals surface area contributed by atoms with E-state index >= 15 is 0 Å². The van der Waals surface area contributed by atoms with Crippen LogP contribution < -0.4 is 15.5 Å². The molecule has 1 aliphatic rings. The smallest absolute Gasteiger partial charge is 0.246 e. The van der Waals surface area contributed by atoms with E-state index in [1.54, 1.807) is 24.0 Å². The third-order valence-electron chi connectivity index (χ3n) is 4.50. The van der Waals surface area contributed by atoms with E-state index in [1.165, 1.54) is 6.07 Å². The molecule has 3 amide bonds. The highest BCUT2D eigenvalue weighted by molar-refractivity contribution is 6.36. The average Bonchev–Trinajstić information content (AvgIpc) is 3.06. The third kappa shape index (κ3) is 4.64. The van der Waals surface area contributed by atoms with Gasteiger partial charge in [0, 0.05) is 23.7 Å². The van der Waals surface area contributed by atoms with Crippen LogP contribution in [0.5, 0.6) is 0 Å². The van der Waals surface area contributed by atoms with Crippen molar-refractivity contribution in [3.63, 3.8) is 0 Å². The maximum absolute atomic E-state index is 12.5. The zero-order valence-corrected chi connectivity index (χ0v) is 16.6. The zero-order valence-electron chi connectivity index (χ0n) is 15.1. The maximum Gasteiger partial charge on any atom is 0.246 e. The van der Waals surface area contributed by atoms with Gasteiger partial charge in [-0.05, 0) is 37.3 Å². The van der Waals surface area contributed by atoms with E-state index in [2.05, 4.69) is 10.6 Å². The van der Waals surface area contributed by atoms with Gasteiger partial charge in [-0.2, -0.15) is 0 Å². The maximum atomic E-state index is 12.5. The number of rotatable bonds is 5. The molecular weight excluding hydrogens is 401 g/mol.